The lowest BCUT2D eigenvalue weighted by Crippen LogP contribution is -2.48. The van der Waals surface area contributed by atoms with Crippen LogP contribution >= 0.6 is 0 Å². The molecule has 1 saturated heterocycles. The van der Waals surface area contributed by atoms with E-state index in [9.17, 15) is 9.18 Å². The van der Waals surface area contributed by atoms with Crippen LogP contribution in [0.25, 0.3) is 0 Å². The molecule has 1 aromatic rings. The number of likely N-dealkylation sites (tertiary alicyclic amines) is 1. The minimum Gasteiger partial charge on any atom is -0.491 e. The highest BCUT2D eigenvalue weighted by atomic mass is 19.1. The van der Waals surface area contributed by atoms with Crippen LogP contribution in [0.1, 0.15) is 45.1 Å². The van der Waals surface area contributed by atoms with Crippen molar-refractivity contribution in [3.8, 4) is 5.75 Å². The number of nitrogens with zero attached hydrogens (tertiary/aromatic N) is 2. The van der Waals surface area contributed by atoms with E-state index >= 15 is 0 Å². The monoisotopic (exact) mass is 490 g/mol. The van der Waals surface area contributed by atoms with Crippen molar-refractivity contribution in [3.63, 3.8) is 0 Å². The van der Waals surface area contributed by atoms with Crippen LogP contribution in [0.4, 0.5) is 4.39 Å². The number of piperidine rings is 1. The highest BCUT2D eigenvalue weighted by Crippen LogP contribution is 2.28. The molecule has 2 unspecified atom stereocenters. The summed E-state index contributed by atoms with van der Waals surface area (Å²) in [7, 11) is 0. The number of carbonyl (C=O) groups is 1. The molecule has 2 N–H and O–H groups in total. The third kappa shape index (κ3) is 5.62. The highest BCUT2D eigenvalue weighted by molar-refractivity contribution is 6.07. The van der Waals surface area contributed by atoms with E-state index in [2.05, 4.69) is 20.7 Å². The minimum absolute atomic E-state index is 0.000408. The summed E-state index contributed by atoms with van der Waals surface area (Å²) in [5, 5.41) is 7.80. The fourth-order valence-corrected chi connectivity index (χ4v) is 5.31. The van der Waals surface area contributed by atoms with Crippen molar-refractivity contribution in [1.29, 1.82) is 0 Å². The molecule has 0 spiro atoms. The van der Waals surface area contributed by atoms with Crippen LogP contribution in [0.3, 0.4) is 0 Å². The molecule has 1 amide bonds. The average Bonchev–Trinajstić information content (AvgIpc) is 3.29. The van der Waals surface area contributed by atoms with E-state index in [4.69, 9.17) is 4.74 Å². The molecule has 36 heavy (non-hydrogen) atoms. The topological polar surface area (TPSA) is 66.0 Å². The van der Waals surface area contributed by atoms with E-state index < -0.39 is 0 Å². The summed E-state index contributed by atoms with van der Waals surface area (Å²) < 4.78 is 19.9. The number of hydrogen-bond donors (Lipinski definition) is 2. The summed E-state index contributed by atoms with van der Waals surface area (Å²) >= 11 is 0. The van der Waals surface area contributed by atoms with Gasteiger partial charge >= 0.3 is 0 Å². The Kier molecular flexibility index (Phi) is 7.37. The summed E-state index contributed by atoms with van der Waals surface area (Å²) in [5.74, 6) is 0.756. The molecule has 2 heterocycles. The van der Waals surface area contributed by atoms with Crippen molar-refractivity contribution in [2.75, 3.05) is 19.6 Å². The lowest BCUT2D eigenvalue weighted by molar-refractivity contribution is -0.118. The largest absolute Gasteiger partial charge is 0.491 e. The zero-order valence-electron chi connectivity index (χ0n) is 21.0. The molecule has 190 valence electrons. The molecule has 7 heteroatoms. The van der Waals surface area contributed by atoms with Gasteiger partial charge in [0.05, 0.1) is 17.9 Å². The number of fused-ring (bicyclic) bond motifs is 1. The van der Waals surface area contributed by atoms with Gasteiger partial charge in [-0.1, -0.05) is 30.4 Å². The van der Waals surface area contributed by atoms with Gasteiger partial charge in [-0.2, -0.15) is 5.10 Å². The first-order chi connectivity index (χ1) is 17.5. The molecule has 5 rings (SSSR count). The van der Waals surface area contributed by atoms with Crippen molar-refractivity contribution in [1.82, 2.24) is 15.6 Å². The zero-order valence-corrected chi connectivity index (χ0v) is 21.0. The predicted molar refractivity (Wildman–Crippen MR) is 140 cm³/mol. The van der Waals surface area contributed by atoms with Crippen LogP contribution in [0, 0.1) is 5.92 Å². The first kappa shape index (κ1) is 24.5. The van der Waals surface area contributed by atoms with Crippen LogP contribution in [0.5, 0.6) is 5.75 Å². The number of allylic oxidation sites excluding steroid dienone is 2. The second-order valence-electron chi connectivity index (χ2n) is 10.3. The fourth-order valence-electron chi connectivity index (χ4n) is 5.31. The van der Waals surface area contributed by atoms with Crippen molar-refractivity contribution >= 4 is 11.6 Å². The SMILES string of the molecule is CC(C)Oc1ccc(C2=NNC3C=CC(C(=O)N[C@@H]4CCCN(CC5=C(F)CCC=C5)C4)=CC23)cc1. The molecule has 0 bridgehead atoms. The Labute approximate surface area is 212 Å². The second kappa shape index (κ2) is 10.8. The molecular weight excluding hydrogens is 455 g/mol. The van der Waals surface area contributed by atoms with Gasteiger partial charge in [-0.15, -0.1) is 0 Å². The van der Waals surface area contributed by atoms with Crippen LogP contribution in [-0.2, 0) is 4.79 Å². The third-order valence-corrected chi connectivity index (χ3v) is 7.10. The summed E-state index contributed by atoms with van der Waals surface area (Å²) in [4.78, 5) is 15.4. The fraction of sp³-hybridized carbons (Fsp3) is 0.448. The Bertz CT molecular complexity index is 1130. The van der Waals surface area contributed by atoms with Gasteiger partial charge in [-0.05, 0) is 75.1 Å². The Hall–Kier alpha value is -3.19. The molecule has 0 saturated carbocycles. The van der Waals surface area contributed by atoms with E-state index in [1.165, 1.54) is 0 Å². The normalized spacial score (nSPS) is 25.8. The maximum atomic E-state index is 14.2. The Balaban J connectivity index is 1.21. The summed E-state index contributed by atoms with van der Waals surface area (Å²) in [6, 6.07) is 8.05. The molecule has 1 aromatic carbocycles. The predicted octanol–water partition coefficient (Wildman–Crippen LogP) is 4.42. The van der Waals surface area contributed by atoms with Gasteiger partial charge in [0.25, 0.3) is 5.91 Å². The number of amides is 1. The molecule has 4 aliphatic rings. The standard InChI is InChI=1S/C29H35FN4O2/c1-19(2)36-24-12-9-20(10-13-24)28-25-16-21(11-14-27(25)32-33-28)29(35)31-23-7-5-15-34(18-23)17-22-6-3-4-8-26(22)30/h3,6,9-14,16,19,23,25,27,32H,4-5,7-8,15,17-18H2,1-2H3,(H,31,35)/t23-,25?,27?/m1/s1. The molecule has 0 aromatic heterocycles. The Morgan fingerprint density at radius 1 is 1.28 bits per heavy atom. The van der Waals surface area contributed by atoms with Crippen LogP contribution in [-0.4, -0.2) is 54.3 Å². The quantitative estimate of drug-likeness (QED) is 0.594. The van der Waals surface area contributed by atoms with Gasteiger partial charge in [0.1, 0.15) is 11.6 Å². The smallest absolute Gasteiger partial charge is 0.251 e. The average molecular weight is 491 g/mol. The van der Waals surface area contributed by atoms with Crippen molar-refractivity contribution in [2.45, 2.75) is 57.7 Å². The van der Waals surface area contributed by atoms with Gasteiger partial charge in [0.2, 0.25) is 0 Å². The van der Waals surface area contributed by atoms with E-state index in [0.29, 0.717) is 18.5 Å². The van der Waals surface area contributed by atoms with Crippen molar-refractivity contribution in [2.24, 2.45) is 11.0 Å². The molecular formula is C29H35FN4O2. The van der Waals surface area contributed by atoms with Crippen LogP contribution in [0.2, 0.25) is 0 Å². The first-order valence-electron chi connectivity index (χ1n) is 13.0. The third-order valence-electron chi connectivity index (χ3n) is 7.10. The van der Waals surface area contributed by atoms with Crippen molar-refractivity contribution < 1.29 is 13.9 Å². The molecule has 0 radical (unpaired) electrons. The molecule has 2 aliphatic carbocycles. The lowest BCUT2D eigenvalue weighted by Gasteiger charge is -2.34. The van der Waals surface area contributed by atoms with Crippen molar-refractivity contribution in [3.05, 3.63) is 77.2 Å². The second-order valence-corrected chi connectivity index (χ2v) is 10.3. The van der Waals surface area contributed by atoms with E-state index in [1.54, 1.807) is 0 Å². The first-order valence-corrected chi connectivity index (χ1v) is 13.0. The van der Waals surface area contributed by atoms with Crippen LogP contribution < -0.4 is 15.5 Å². The van der Waals surface area contributed by atoms with Gasteiger partial charge in [-0.3, -0.25) is 9.69 Å². The molecule has 2 aliphatic heterocycles. The summed E-state index contributed by atoms with van der Waals surface area (Å²) in [6.07, 6.45) is 13.2. The lowest BCUT2D eigenvalue weighted by atomic mass is 9.86. The van der Waals surface area contributed by atoms with E-state index in [1.807, 2.05) is 68.5 Å². The molecule has 6 nitrogen and oxygen atoms in total. The summed E-state index contributed by atoms with van der Waals surface area (Å²) in [6.45, 7) is 6.28. The number of rotatable bonds is 7. The van der Waals surface area contributed by atoms with Gasteiger partial charge in [0.15, 0.2) is 0 Å². The van der Waals surface area contributed by atoms with E-state index in [-0.39, 0.29) is 35.8 Å². The van der Waals surface area contributed by atoms with E-state index in [0.717, 1.165) is 54.9 Å². The Morgan fingerprint density at radius 3 is 2.89 bits per heavy atom. The number of carbonyl (C=O) groups excluding carboxylic acids is 1. The number of hydrazone groups is 1. The number of ether oxygens (including phenoxy) is 1. The minimum atomic E-state index is -0.0635. The van der Waals surface area contributed by atoms with Crippen LogP contribution in [0.15, 0.2) is 76.7 Å². The van der Waals surface area contributed by atoms with Gasteiger partial charge < -0.3 is 15.5 Å². The van der Waals surface area contributed by atoms with Gasteiger partial charge in [-0.25, -0.2) is 4.39 Å². The maximum absolute atomic E-state index is 14.2. The molecule has 3 atom stereocenters. The number of hydrogen-bond acceptors (Lipinski definition) is 5. The molecule has 1 fully saturated rings. The van der Waals surface area contributed by atoms with Gasteiger partial charge in [0, 0.05) is 37.0 Å². The highest BCUT2D eigenvalue weighted by Gasteiger charge is 2.33. The number of halogens is 1. The number of benzene rings is 1. The Morgan fingerprint density at radius 2 is 2.11 bits per heavy atom. The summed E-state index contributed by atoms with van der Waals surface area (Å²) in [5.41, 5.74) is 6.56. The zero-order chi connectivity index (χ0) is 25.1. The maximum Gasteiger partial charge on any atom is 0.251 e. The number of nitrogens with one attached hydrogen (secondary N) is 2.